The van der Waals surface area contributed by atoms with Crippen LogP contribution in [0.1, 0.15) is 18.1 Å². The van der Waals surface area contributed by atoms with Gasteiger partial charge in [0.1, 0.15) is 11.9 Å². The van der Waals surface area contributed by atoms with E-state index in [1.807, 2.05) is 12.1 Å². The lowest BCUT2D eigenvalue weighted by Gasteiger charge is -2.19. The number of aliphatic hydroxyl groups is 2. The van der Waals surface area contributed by atoms with Crippen LogP contribution in [0, 0.1) is 11.8 Å². The van der Waals surface area contributed by atoms with Crippen LogP contribution in [0.2, 0.25) is 0 Å². The Hall–Kier alpha value is -1.13. The summed E-state index contributed by atoms with van der Waals surface area (Å²) in [5.41, 5.74) is 0.676. The third-order valence-corrected chi connectivity index (χ3v) is 3.63. The molecule has 2 heterocycles. The van der Waals surface area contributed by atoms with Crippen LogP contribution in [-0.2, 0) is 0 Å². The standard InChI is InChI=1S/C12H16N2O2/c15-7-11(16)8-1-2-12(13-4-8)14-5-9-3-10(9)6-14/h1-2,4,9-11,15-16H,3,5-7H2. The summed E-state index contributed by atoms with van der Waals surface area (Å²) in [6.07, 6.45) is 2.23. The number of aliphatic hydroxyl groups excluding tert-OH is 2. The predicted molar refractivity (Wildman–Crippen MR) is 60.1 cm³/mol. The van der Waals surface area contributed by atoms with Crippen LogP contribution in [0.15, 0.2) is 18.3 Å². The first-order valence-corrected chi connectivity index (χ1v) is 5.77. The zero-order chi connectivity index (χ0) is 11.1. The summed E-state index contributed by atoms with van der Waals surface area (Å²) >= 11 is 0. The van der Waals surface area contributed by atoms with E-state index in [1.54, 1.807) is 6.20 Å². The monoisotopic (exact) mass is 220 g/mol. The Morgan fingerprint density at radius 1 is 1.38 bits per heavy atom. The molecule has 0 radical (unpaired) electrons. The highest BCUT2D eigenvalue weighted by Gasteiger charge is 2.45. The van der Waals surface area contributed by atoms with Crippen LogP contribution in [0.5, 0.6) is 0 Å². The number of piperidine rings is 1. The van der Waals surface area contributed by atoms with Gasteiger partial charge < -0.3 is 15.1 Å². The second kappa shape index (κ2) is 3.71. The summed E-state index contributed by atoms with van der Waals surface area (Å²) in [6.45, 7) is 1.99. The number of hydrogen-bond donors (Lipinski definition) is 2. The Bertz CT molecular complexity index is 369. The van der Waals surface area contributed by atoms with E-state index in [9.17, 15) is 5.11 Å². The predicted octanol–water partition coefficient (Wildman–Crippen LogP) is 0.563. The van der Waals surface area contributed by atoms with Crippen molar-refractivity contribution in [3.05, 3.63) is 23.9 Å². The summed E-state index contributed by atoms with van der Waals surface area (Å²) in [5.74, 6) is 2.77. The molecule has 1 saturated heterocycles. The quantitative estimate of drug-likeness (QED) is 0.781. The van der Waals surface area contributed by atoms with Crippen molar-refractivity contribution in [3.63, 3.8) is 0 Å². The largest absolute Gasteiger partial charge is 0.393 e. The summed E-state index contributed by atoms with van der Waals surface area (Å²) in [5, 5.41) is 18.3. The second-order valence-corrected chi connectivity index (χ2v) is 4.81. The van der Waals surface area contributed by atoms with Gasteiger partial charge in [0.25, 0.3) is 0 Å². The van der Waals surface area contributed by atoms with Gasteiger partial charge in [-0.25, -0.2) is 4.98 Å². The topological polar surface area (TPSA) is 56.6 Å². The molecule has 1 aromatic heterocycles. The van der Waals surface area contributed by atoms with Gasteiger partial charge in [-0.15, -0.1) is 0 Å². The fourth-order valence-electron chi connectivity index (χ4n) is 2.47. The van der Waals surface area contributed by atoms with E-state index in [1.165, 1.54) is 6.42 Å². The van der Waals surface area contributed by atoms with Crippen LogP contribution in [-0.4, -0.2) is 34.9 Å². The number of pyridine rings is 1. The summed E-state index contributed by atoms with van der Waals surface area (Å²) in [6, 6.07) is 3.77. The number of aromatic nitrogens is 1. The molecule has 2 fully saturated rings. The van der Waals surface area contributed by atoms with Crippen LogP contribution in [0.25, 0.3) is 0 Å². The van der Waals surface area contributed by atoms with Gasteiger partial charge in [-0.1, -0.05) is 6.07 Å². The molecule has 3 atom stereocenters. The van der Waals surface area contributed by atoms with Crippen LogP contribution in [0.3, 0.4) is 0 Å². The van der Waals surface area contributed by atoms with E-state index < -0.39 is 6.10 Å². The minimum absolute atomic E-state index is 0.255. The third-order valence-electron chi connectivity index (χ3n) is 3.63. The van der Waals surface area contributed by atoms with Gasteiger partial charge in [-0.05, 0) is 24.3 Å². The van der Waals surface area contributed by atoms with E-state index in [2.05, 4.69) is 9.88 Å². The molecule has 2 aliphatic rings. The maximum Gasteiger partial charge on any atom is 0.128 e. The van der Waals surface area contributed by atoms with Crippen molar-refractivity contribution in [3.8, 4) is 0 Å². The van der Waals surface area contributed by atoms with Crippen LogP contribution >= 0.6 is 0 Å². The van der Waals surface area contributed by atoms with Crippen molar-refractivity contribution in [1.29, 1.82) is 0 Å². The Morgan fingerprint density at radius 2 is 2.12 bits per heavy atom. The fraction of sp³-hybridized carbons (Fsp3) is 0.583. The summed E-state index contributed by atoms with van der Waals surface area (Å²) < 4.78 is 0. The van der Waals surface area contributed by atoms with Crippen molar-refractivity contribution >= 4 is 5.82 Å². The average molecular weight is 220 g/mol. The lowest BCUT2D eigenvalue weighted by molar-refractivity contribution is 0.0953. The Kier molecular flexibility index (Phi) is 2.33. The minimum atomic E-state index is -0.812. The van der Waals surface area contributed by atoms with Gasteiger partial charge >= 0.3 is 0 Å². The van der Waals surface area contributed by atoms with Crippen LogP contribution in [0.4, 0.5) is 5.82 Å². The second-order valence-electron chi connectivity index (χ2n) is 4.81. The van der Waals surface area contributed by atoms with Gasteiger partial charge in [0.2, 0.25) is 0 Å². The SMILES string of the molecule is OCC(O)c1ccc(N2CC3CC3C2)nc1. The number of anilines is 1. The van der Waals surface area contributed by atoms with Crippen molar-refractivity contribution in [1.82, 2.24) is 4.98 Å². The van der Waals surface area contributed by atoms with Gasteiger partial charge in [0, 0.05) is 24.8 Å². The van der Waals surface area contributed by atoms with Gasteiger partial charge in [0.15, 0.2) is 0 Å². The van der Waals surface area contributed by atoms with Crippen molar-refractivity contribution in [2.24, 2.45) is 11.8 Å². The molecule has 3 unspecified atom stereocenters. The molecule has 0 bridgehead atoms. The Morgan fingerprint density at radius 3 is 2.69 bits per heavy atom. The van der Waals surface area contributed by atoms with Gasteiger partial charge in [0.05, 0.1) is 6.61 Å². The smallest absolute Gasteiger partial charge is 0.128 e. The molecule has 4 nitrogen and oxygen atoms in total. The van der Waals surface area contributed by atoms with E-state index in [0.717, 1.165) is 30.7 Å². The molecule has 0 amide bonds. The highest BCUT2D eigenvalue weighted by atomic mass is 16.3. The number of rotatable bonds is 3. The molecule has 1 aliphatic carbocycles. The molecule has 1 saturated carbocycles. The number of fused-ring (bicyclic) bond motifs is 1. The first kappa shape index (κ1) is 10.1. The summed E-state index contributed by atoms with van der Waals surface area (Å²) in [7, 11) is 0. The fourth-order valence-corrected chi connectivity index (χ4v) is 2.47. The normalized spacial score (nSPS) is 29.0. The maximum atomic E-state index is 9.43. The molecule has 0 aromatic carbocycles. The van der Waals surface area contributed by atoms with Crippen molar-refractivity contribution < 1.29 is 10.2 Å². The highest BCUT2D eigenvalue weighted by Crippen LogP contribution is 2.45. The molecule has 3 rings (SSSR count). The maximum absolute atomic E-state index is 9.43. The summed E-state index contributed by atoms with van der Waals surface area (Å²) in [4.78, 5) is 6.64. The van der Waals surface area contributed by atoms with E-state index in [-0.39, 0.29) is 6.61 Å². The molecule has 2 N–H and O–H groups in total. The zero-order valence-corrected chi connectivity index (χ0v) is 9.08. The average Bonchev–Trinajstić information content (AvgIpc) is 2.95. The molecule has 1 aromatic rings. The van der Waals surface area contributed by atoms with E-state index in [0.29, 0.717) is 5.56 Å². The van der Waals surface area contributed by atoms with Crippen LogP contribution < -0.4 is 4.90 Å². The van der Waals surface area contributed by atoms with Crippen molar-refractivity contribution in [2.75, 3.05) is 24.6 Å². The molecular weight excluding hydrogens is 204 g/mol. The molecular formula is C12H16N2O2. The Balaban J connectivity index is 1.72. The van der Waals surface area contributed by atoms with Gasteiger partial charge in [-0.3, -0.25) is 0 Å². The number of hydrogen-bond acceptors (Lipinski definition) is 4. The minimum Gasteiger partial charge on any atom is -0.393 e. The van der Waals surface area contributed by atoms with Gasteiger partial charge in [-0.2, -0.15) is 0 Å². The first-order valence-electron chi connectivity index (χ1n) is 5.77. The lowest BCUT2D eigenvalue weighted by atomic mass is 10.2. The molecule has 0 spiro atoms. The van der Waals surface area contributed by atoms with Crippen molar-refractivity contribution in [2.45, 2.75) is 12.5 Å². The zero-order valence-electron chi connectivity index (χ0n) is 9.08. The molecule has 1 aliphatic heterocycles. The molecule has 16 heavy (non-hydrogen) atoms. The molecule has 86 valence electrons. The van der Waals surface area contributed by atoms with E-state index in [4.69, 9.17) is 5.11 Å². The Labute approximate surface area is 94.5 Å². The molecule has 4 heteroatoms. The third kappa shape index (κ3) is 1.68. The van der Waals surface area contributed by atoms with E-state index >= 15 is 0 Å². The number of nitrogens with zero attached hydrogens (tertiary/aromatic N) is 2. The lowest BCUT2D eigenvalue weighted by Crippen LogP contribution is -2.22. The highest BCUT2D eigenvalue weighted by molar-refractivity contribution is 5.42. The first-order chi connectivity index (χ1) is 7.78.